The van der Waals surface area contributed by atoms with Gasteiger partial charge in [-0.25, -0.2) is 0 Å². The first-order chi connectivity index (χ1) is 10.7. The molecule has 0 spiro atoms. The number of nitrogens with one attached hydrogen (secondary N) is 3. The Labute approximate surface area is 131 Å². The quantitative estimate of drug-likeness (QED) is 0.627. The van der Waals surface area contributed by atoms with E-state index in [2.05, 4.69) is 20.9 Å². The van der Waals surface area contributed by atoms with Crippen LogP contribution in [0.15, 0.2) is 30.3 Å². The zero-order chi connectivity index (χ0) is 15.6. The van der Waals surface area contributed by atoms with Gasteiger partial charge >= 0.3 is 0 Å². The maximum Gasteiger partial charge on any atom is 0.239 e. The molecule has 2 amide bonds. The molecule has 6 heteroatoms. The molecule has 6 nitrogen and oxygen atoms in total. The standard InChI is InChI=1S/C16H24N4O2/c21-15(12-14-4-2-1-3-5-14)19-13-16(22)18-8-11-20-9-6-17-7-10-20/h1-5,17H,6-13H2,(H,18,22)(H,19,21). The van der Waals surface area contributed by atoms with Crippen molar-refractivity contribution in [2.75, 3.05) is 45.8 Å². The number of carbonyl (C=O) groups excluding carboxylic acids is 2. The van der Waals surface area contributed by atoms with E-state index in [9.17, 15) is 9.59 Å². The third-order valence-electron chi connectivity index (χ3n) is 3.61. The minimum atomic E-state index is -0.142. The molecule has 1 aromatic rings. The lowest BCUT2D eigenvalue weighted by Crippen LogP contribution is -2.47. The van der Waals surface area contributed by atoms with Crippen LogP contribution >= 0.6 is 0 Å². The molecular weight excluding hydrogens is 280 g/mol. The van der Waals surface area contributed by atoms with Gasteiger partial charge in [0.05, 0.1) is 13.0 Å². The van der Waals surface area contributed by atoms with Gasteiger partial charge in [0, 0.05) is 39.3 Å². The van der Waals surface area contributed by atoms with E-state index in [1.807, 2.05) is 30.3 Å². The molecule has 0 aromatic heterocycles. The van der Waals surface area contributed by atoms with Crippen LogP contribution in [0.3, 0.4) is 0 Å². The zero-order valence-electron chi connectivity index (χ0n) is 12.8. The first kappa shape index (κ1) is 16.5. The number of carbonyl (C=O) groups is 2. The van der Waals surface area contributed by atoms with Gasteiger partial charge in [-0.2, -0.15) is 0 Å². The number of nitrogens with zero attached hydrogens (tertiary/aromatic N) is 1. The average Bonchev–Trinajstić information content (AvgIpc) is 2.55. The fraction of sp³-hybridized carbons (Fsp3) is 0.500. The van der Waals surface area contributed by atoms with Gasteiger partial charge in [0.1, 0.15) is 0 Å². The van der Waals surface area contributed by atoms with E-state index >= 15 is 0 Å². The fourth-order valence-electron chi connectivity index (χ4n) is 2.37. The molecule has 1 saturated heterocycles. The molecule has 0 bridgehead atoms. The molecule has 3 N–H and O–H groups in total. The van der Waals surface area contributed by atoms with E-state index in [4.69, 9.17) is 0 Å². The smallest absolute Gasteiger partial charge is 0.239 e. The Morgan fingerprint density at radius 3 is 2.50 bits per heavy atom. The predicted molar refractivity (Wildman–Crippen MR) is 85.5 cm³/mol. The minimum absolute atomic E-state index is 0.0349. The van der Waals surface area contributed by atoms with Gasteiger partial charge in [-0.15, -0.1) is 0 Å². The van der Waals surface area contributed by atoms with Gasteiger partial charge < -0.3 is 16.0 Å². The van der Waals surface area contributed by atoms with E-state index in [1.54, 1.807) is 0 Å². The Morgan fingerprint density at radius 2 is 1.77 bits per heavy atom. The molecule has 1 aliphatic heterocycles. The van der Waals surface area contributed by atoms with Crippen LogP contribution in [0.2, 0.25) is 0 Å². The van der Waals surface area contributed by atoms with Gasteiger partial charge in [-0.05, 0) is 5.56 Å². The van der Waals surface area contributed by atoms with Gasteiger partial charge in [0.25, 0.3) is 0 Å². The van der Waals surface area contributed by atoms with E-state index in [1.165, 1.54) is 0 Å². The number of benzene rings is 1. The molecule has 0 unspecified atom stereocenters. The van der Waals surface area contributed by atoms with Gasteiger partial charge in [0.2, 0.25) is 11.8 Å². The van der Waals surface area contributed by atoms with E-state index in [0.717, 1.165) is 38.3 Å². The van der Waals surface area contributed by atoms with Crippen molar-refractivity contribution in [1.82, 2.24) is 20.9 Å². The summed E-state index contributed by atoms with van der Waals surface area (Å²) in [6.07, 6.45) is 0.300. The van der Waals surface area contributed by atoms with Crippen LogP contribution in [0.5, 0.6) is 0 Å². The lowest BCUT2D eigenvalue weighted by atomic mass is 10.1. The van der Waals surface area contributed by atoms with Crippen molar-refractivity contribution in [2.24, 2.45) is 0 Å². The lowest BCUT2D eigenvalue weighted by Gasteiger charge is -2.27. The molecule has 0 saturated carbocycles. The minimum Gasteiger partial charge on any atom is -0.353 e. The fourth-order valence-corrected chi connectivity index (χ4v) is 2.37. The Balaban J connectivity index is 1.56. The van der Waals surface area contributed by atoms with Crippen molar-refractivity contribution in [3.63, 3.8) is 0 Å². The molecule has 1 aliphatic rings. The maximum atomic E-state index is 11.7. The van der Waals surface area contributed by atoms with Gasteiger partial charge in [-0.3, -0.25) is 14.5 Å². The molecular formula is C16H24N4O2. The van der Waals surface area contributed by atoms with Crippen LogP contribution in [0.25, 0.3) is 0 Å². The van der Waals surface area contributed by atoms with Crippen LogP contribution in [0, 0.1) is 0 Å². The molecule has 22 heavy (non-hydrogen) atoms. The highest BCUT2D eigenvalue weighted by atomic mass is 16.2. The van der Waals surface area contributed by atoms with Gasteiger partial charge in [-0.1, -0.05) is 30.3 Å². The van der Waals surface area contributed by atoms with Crippen molar-refractivity contribution in [3.05, 3.63) is 35.9 Å². The number of hydrogen-bond acceptors (Lipinski definition) is 4. The number of amides is 2. The Hall–Kier alpha value is -1.92. The summed E-state index contributed by atoms with van der Waals surface area (Å²) in [5.41, 5.74) is 0.944. The Kier molecular flexibility index (Phi) is 6.86. The monoisotopic (exact) mass is 304 g/mol. The molecule has 120 valence electrons. The zero-order valence-corrected chi connectivity index (χ0v) is 12.8. The predicted octanol–water partition coefficient (Wildman–Crippen LogP) is -0.633. The van der Waals surface area contributed by atoms with Gasteiger partial charge in [0.15, 0.2) is 0 Å². The lowest BCUT2D eigenvalue weighted by molar-refractivity contribution is -0.125. The molecule has 0 aliphatic carbocycles. The topological polar surface area (TPSA) is 73.5 Å². The SMILES string of the molecule is O=C(CNC(=O)Cc1ccccc1)NCCN1CCNCC1. The summed E-state index contributed by atoms with van der Waals surface area (Å²) < 4.78 is 0. The summed E-state index contributed by atoms with van der Waals surface area (Å²) in [6, 6.07) is 9.49. The molecule has 0 atom stereocenters. The van der Waals surface area contributed by atoms with Crippen molar-refractivity contribution in [3.8, 4) is 0 Å². The normalized spacial score (nSPS) is 15.3. The highest BCUT2D eigenvalue weighted by Gasteiger charge is 2.10. The second-order valence-electron chi connectivity index (χ2n) is 5.38. The van der Waals surface area contributed by atoms with E-state index in [0.29, 0.717) is 13.0 Å². The third kappa shape index (κ3) is 6.24. The van der Waals surface area contributed by atoms with Crippen LogP contribution in [0.1, 0.15) is 5.56 Å². The summed E-state index contributed by atoms with van der Waals surface area (Å²) in [5.74, 6) is -0.278. The second kappa shape index (κ2) is 9.17. The summed E-state index contributed by atoms with van der Waals surface area (Å²) in [5, 5.41) is 8.77. The molecule has 1 heterocycles. The average molecular weight is 304 g/mol. The third-order valence-corrected chi connectivity index (χ3v) is 3.61. The summed E-state index contributed by atoms with van der Waals surface area (Å²) >= 11 is 0. The molecule has 1 fully saturated rings. The van der Waals surface area contributed by atoms with Crippen LogP contribution < -0.4 is 16.0 Å². The second-order valence-corrected chi connectivity index (χ2v) is 5.38. The van der Waals surface area contributed by atoms with Crippen molar-refractivity contribution >= 4 is 11.8 Å². The van der Waals surface area contributed by atoms with Crippen molar-refractivity contribution in [1.29, 1.82) is 0 Å². The number of rotatable bonds is 7. The van der Waals surface area contributed by atoms with E-state index < -0.39 is 0 Å². The first-order valence-electron chi connectivity index (χ1n) is 7.74. The number of piperazine rings is 1. The Morgan fingerprint density at radius 1 is 1.05 bits per heavy atom. The van der Waals surface area contributed by atoms with Crippen LogP contribution in [-0.4, -0.2) is 62.5 Å². The van der Waals surface area contributed by atoms with Crippen LogP contribution in [-0.2, 0) is 16.0 Å². The largest absolute Gasteiger partial charge is 0.353 e. The number of hydrogen-bond donors (Lipinski definition) is 3. The summed E-state index contributed by atoms with van der Waals surface area (Å²) in [7, 11) is 0. The highest BCUT2D eigenvalue weighted by molar-refractivity contribution is 5.85. The summed E-state index contributed by atoms with van der Waals surface area (Å²) in [4.78, 5) is 25.7. The maximum absolute atomic E-state index is 11.7. The van der Waals surface area contributed by atoms with Crippen molar-refractivity contribution in [2.45, 2.75) is 6.42 Å². The summed E-state index contributed by atoms with van der Waals surface area (Å²) in [6.45, 7) is 5.55. The van der Waals surface area contributed by atoms with E-state index in [-0.39, 0.29) is 18.4 Å². The molecule has 1 aromatic carbocycles. The van der Waals surface area contributed by atoms with Crippen molar-refractivity contribution < 1.29 is 9.59 Å². The molecule has 0 radical (unpaired) electrons. The highest BCUT2D eigenvalue weighted by Crippen LogP contribution is 1.98. The first-order valence-corrected chi connectivity index (χ1v) is 7.74. The molecule has 2 rings (SSSR count). The van der Waals surface area contributed by atoms with Crippen LogP contribution in [0.4, 0.5) is 0 Å². The Bertz CT molecular complexity index is 472.